The zero-order chi connectivity index (χ0) is 8.04. The first-order valence-electron chi connectivity index (χ1n) is 4.05. The highest BCUT2D eigenvalue weighted by Crippen LogP contribution is 2.28. The number of nitrogens with two attached hydrogens (primary N) is 1. The molecule has 0 aliphatic heterocycles. The van der Waals surface area contributed by atoms with Gasteiger partial charge in [-0.25, -0.2) is 0 Å². The van der Waals surface area contributed by atoms with Gasteiger partial charge in [0.1, 0.15) is 0 Å². The first-order chi connectivity index (χ1) is 4.74. The standard InChI is InChI=1S/C8H19NO/c1-3-8(4-2,7-9)5-6-10/h10H,3-7,9H2,1-2H3. The van der Waals surface area contributed by atoms with E-state index < -0.39 is 0 Å². The van der Waals surface area contributed by atoms with Crippen molar-refractivity contribution in [3.05, 3.63) is 0 Å². The van der Waals surface area contributed by atoms with Crippen molar-refractivity contribution in [1.82, 2.24) is 0 Å². The molecule has 10 heavy (non-hydrogen) atoms. The van der Waals surface area contributed by atoms with E-state index in [0.717, 1.165) is 19.3 Å². The molecule has 0 fully saturated rings. The van der Waals surface area contributed by atoms with Gasteiger partial charge in [0, 0.05) is 6.61 Å². The van der Waals surface area contributed by atoms with Crippen LogP contribution in [0.25, 0.3) is 0 Å². The first kappa shape index (κ1) is 9.92. The summed E-state index contributed by atoms with van der Waals surface area (Å²) in [6, 6.07) is 0. The van der Waals surface area contributed by atoms with Gasteiger partial charge in [0.2, 0.25) is 0 Å². The van der Waals surface area contributed by atoms with Gasteiger partial charge in [-0.05, 0) is 31.2 Å². The normalized spacial score (nSPS) is 12.0. The average molecular weight is 145 g/mol. The van der Waals surface area contributed by atoms with Crippen LogP contribution in [0.3, 0.4) is 0 Å². The molecule has 0 aromatic carbocycles. The van der Waals surface area contributed by atoms with E-state index in [1.165, 1.54) is 0 Å². The minimum absolute atomic E-state index is 0.203. The maximum absolute atomic E-state index is 8.74. The Hall–Kier alpha value is -0.0800. The van der Waals surface area contributed by atoms with E-state index in [-0.39, 0.29) is 12.0 Å². The summed E-state index contributed by atoms with van der Waals surface area (Å²) in [4.78, 5) is 0. The predicted octanol–water partition coefficient (Wildman–Crippen LogP) is 1.13. The molecule has 3 N–H and O–H groups in total. The molecule has 0 unspecified atom stereocenters. The molecule has 0 radical (unpaired) electrons. The summed E-state index contributed by atoms with van der Waals surface area (Å²) in [5.74, 6) is 0. The monoisotopic (exact) mass is 145 g/mol. The highest BCUT2D eigenvalue weighted by atomic mass is 16.3. The van der Waals surface area contributed by atoms with Gasteiger partial charge in [0.05, 0.1) is 0 Å². The second-order valence-electron chi connectivity index (χ2n) is 2.88. The molecule has 0 spiro atoms. The van der Waals surface area contributed by atoms with Crippen molar-refractivity contribution in [3.8, 4) is 0 Å². The fraction of sp³-hybridized carbons (Fsp3) is 1.00. The molecule has 62 valence electrons. The van der Waals surface area contributed by atoms with Crippen LogP contribution in [0.4, 0.5) is 0 Å². The quantitative estimate of drug-likeness (QED) is 0.609. The fourth-order valence-corrected chi connectivity index (χ4v) is 1.23. The summed E-state index contributed by atoms with van der Waals surface area (Å²) >= 11 is 0. The first-order valence-corrected chi connectivity index (χ1v) is 4.05. The number of rotatable bonds is 5. The highest BCUT2D eigenvalue weighted by Gasteiger charge is 2.22. The topological polar surface area (TPSA) is 46.2 Å². The molecule has 0 aliphatic carbocycles. The van der Waals surface area contributed by atoms with Crippen molar-refractivity contribution < 1.29 is 5.11 Å². The van der Waals surface area contributed by atoms with Gasteiger partial charge in [-0.3, -0.25) is 0 Å². The van der Waals surface area contributed by atoms with Crippen LogP contribution in [-0.2, 0) is 0 Å². The average Bonchev–Trinajstić information content (AvgIpc) is 2.01. The summed E-state index contributed by atoms with van der Waals surface area (Å²) in [7, 11) is 0. The number of aliphatic hydroxyl groups is 1. The highest BCUT2D eigenvalue weighted by molar-refractivity contribution is 4.76. The van der Waals surface area contributed by atoms with Crippen molar-refractivity contribution in [2.24, 2.45) is 11.1 Å². The Balaban J connectivity index is 3.87. The minimum Gasteiger partial charge on any atom is -0.396 e. The van der Waals surface area contributed by atoms with Crippen molar-refractivity contribution >= 4 is 0 Å². The van der Waals surface area contributed by atoms with Gasteiger partial charge in [-0.1, -0.05) is 13.8 Å². The lowest BCUT2D eigenvalue weighted by Gasteiger charge is -2.28. The van der Waals surface area contributed by atoms with E-state index in [1.807, 2.05) is 0 Å². The molecular formula is C8H19NO. The lowest BCUT2D eigenvalue weighted by atomic mass is 9.80. The van der Waals surface area contributed by atoms with Crippen LogP contribution in [0.1, 0.15) is 33.1 Å². The lowest BCUT2D eigenvalue weighted by molar-refractivity contribution is 0.175. The molecule has 0 saturated heterocycles. The van der Waals surface area contributed by atoms with Gasteiger partial charge >= 0.3 is 0 Å². The van der Waals surface area contributed by atoms with E-state index in [4.69, 9.17) is 10.8 Å². The van der Waals surface area contributed by atoms with Crippen molar-refractivity contribution in [1.29, 1.82) is 0 Å². The van der Waals surface area contributed by atoms with E-state index in [2.05, 4.69) is 13.8 Å². The number of hydrogen-bond acceptors (Lipinski definition) is 2. The number of aliphatic hydroxyl groups excluding tert-OH is 1. The summed E-state index contributed by atoms with van der Waals surface area (Å²) in [6.45, 7) is 5.22. The molecule has 0 saturated carbocycles. The fourth-order valence-electron chi connectivity index (χ4n) is 1.23. The van der Waals surface area contributed by atoms with Crippen molar-refractivity contribution in [2.45, 2.75) is 33.1 Å². The van der Waals surface area contributed by atoms with E-state index in [0.29, 0.717) is 6.54 Å². The maximum Gasteiger partial charge on any atom is 0.0436 e. The summed E-state index contributed by atoms with van der Waals surface area (Å²) in [5.41, 5.74) is 5.81. The zero-order valence-electron chi connectivity index (χ0n) is 7.06. The molecule has 0 aliphatic rings. The third-order valence-corrected chi connectivity index (χ3v) is 2.58. The van der Waals surface area contributed by atoms with Crippen LogP contribution in [0.15, 0.2) is 0 Å². The van der Waals surface area contributed by atoms with Crippen LogP contribution >= 0.6 is 0 Å². The smallest absolute Gasteiger partial charge is 0.0436 e. The Morgan fingerprint density at radius 2 is 1.80 bits per heavy atom. The molecule has 0 heterocycles. The largest absolute Gasteiger partial charge is 0.396 e. The predicted molar refractivity (Wildman–Crippen MR) is 43.8 cm³/mol. The van der Waals surface area contributed by atoms with Crippen LogP contribution < -0.4 is 5.73 Å². The maximum atomic E-state index is 8.74. The SMILES string of the molecule is CCC(CC)(CN)CCO. The van der Waals surface area contributed by atoms with Crippen LogP contribution in [0.2, 0.25) is 0 Å². The second-order valence-corrected chi connectivity index (χ2v) is 2.88. The third kappa shape index (κ3) is 2.27. The molecule has 0 aromatic rings. The Labute approximate surface area is 63.4 Å². The summed E-state index contributed by atoms with van der Waals surface area (Å²) in [6.07, 6.45) is 2.98. The summed E-state index contributed by atoms with van der Waals surface area (Å²) in [5, 5.41) is 8.74. The van der Waals surface area contributed by atoms with Crippen LogP contribution in [-0.4, -0.2) is 18.3 Å². The van der Waals surface area contributed by atoms with Gasteiger partial charge in [-0.15, -0.1) is 0 Å². The minimum atomic E-state index is 0.203. The zero-order valence-corrected chi connectivity index (χ0v) is 7.06. The lowest BCUT2D eigenvalue weighted by Crippen LogP contribution is -2.30. The van der Waals surface area contributed by atoms with Crippen LogP contribution in [0.5, 0.6) is 0 Å². The van der Waals surface area contributed by atoms with E-state index in [9.17, 15) is 0 Å². The molecule has 0 aromatic heterocycles. The Kier molecular flexibility index (Phi) is 4.65. The molecule has 0 bridgehead atoms. The van der Waals surface area contributed by atoms with E-state index >= 15 is 0 Å². The molecule has 0 amide bonds. The molecule has 0 atom stereocenters. The Morgan fingerprint density at radius 1 is 1.30 bits per heavy atom. The molecule has 2 heteroatoms. The van der Waals surface area contributed by atoms with Gasteiger partial charge < -0.3 is 10.8 Å². The van der Waals surface area contributed by atoms with Gasteiger partial charge in [0.15, 0.2) is 0 Å². The van der Waals surface area contributed by atoms with Gasteiger partial charge in [0.25, 0.3) is 0 Å². The third-order valence-electron chi connectivity index (χ3n) is 2.58. The van der Waals surface area contributed by atoms with Crippen molar-refractivity contribution in [3.63, 3.8) is 0 Å². The number of hydrogen-bond donors (Lipinski definition) is 2. The Morgan fingerprint density at radius 3 is 1.90 bits per heavy atom. The molecule has 0 rings (SSSR count). The van der Waals surface area contributed by atoms with Gasteiger partial charge in [-0.2, -0.15) is 0 Å². The van der Waals surface area contributed by atoms with Crippen LogP contribution in [0, 0.1) is 5.41 Å². The second kappa shape index (κ2) is 4.69. The molecule has 2 nitrogen and oxygen atoms in total. The van der Waals surface area contributed by atoms with E-state index in [1.54, 1.807) is 0 Å². The van der Waals surface area contributed by atoms with Crippen molar-refractivity contribution in [2.75, 3.05) is 13.2 Å². The Bertz CT molecular complexity index is 71.1. The summed E-state index contributed by atoms with van der Waals surface area (Å²) < 4.78 is 0. The molecular weight excluding hydrogens is 126 g/mol.